The average molecular weight is 313 g/mol. The van der Waals surface area contributed by atoms with Crippen molar-refractivity contribution in [3.63, 3.8) is 0 Å². The maximum absolute atomic E-state index is 12.9. The number of halogens is 6. The van der Waals surface area contributed by atoms with Gasteiger partial charge in [-0.3, -0.25) is 0 Å². The van der Waals surface area contributed by atoms with Crippen LogP contribution in [0, 0.1) is 6.92 Å². The summed E-state index contributed by atoms with van der Waals surface area (Å²) in [6, 6.07) is 3.40. The molecule has 116 valence electrons. The number of anilines is 1. The van der Waals surface area contributed by atoms with E-state index in [4.69, 9.17) is 10.2 Å². The molecular weight excluding hydrogens is 304 g/mol. The van der Waals surface area contributed by atoms with Crippen LogP contribution in [0.5, 0.6) is 0 Å². The van der Waals surface area contributed by atoms with Gasteiger partial charge in [0, 0.05) is 5.39 Å². The highest BCUT2D eigenvalue weighted by Crippen LogP contribution is 2.53. The van der Waals surface area contributed by atoms with Crippen LogP contribution in [-0.4, -0.2) is 17.5 Å². The summed E-state index contributed by atoms with van der Waals surface area (Å²) in [7, 11) is 0. The number of nitrogen functional groups attached to an aromatic ring is 1. The molecule has 0 saturated carbocycles. The first-order valence-corrected chi connectivity index (χ1v) is 5.55. The highest BCUT2D eigenvalue weighted by Gasteiger charge is 2.72. The molecule has 0 atom stereocenters. The molecule has 0 aliphatic heterocycles. The van der Waals surface area contributed by atoms with Crippen molar-refractivity contribution in [2.24, 2.45) is 0 Å². The molecule has 0 bridgehead atoms. The Hall–Kier alpha value is -1.90. The molecule has 2 rings (SSSR count). The molecule has 0 aliphatic rings. The molecule has 0 fully saturated rings. The van der Waals surface area contributed by atoms with Crippen molar-refractivity contribution in [2.75, 3.05) is 5.73 Å². The smallest absolute Gasteiger partial charge is 0.430 e. The summed E-state index contributed by atoms with van der Waals surface area (Å²) in [5.41, 5.74) is -1.44. The van der Waals surface area contributed by atoms with Crippen LogP contribution in [0.4, 0.5) is 32.0 Å². The van der Waals surface area contributed by atoms with E-state index in [-0.39, 0.29) is 11.3 Å². The van der Waals surface area contributed by atoms with Gasteiger partial charge < -0.3 is 15.3 Å². The summed E-state index contributed by atoms with van der Waals surface area (Å²) in [5.74, 6) is -0.708. The van der Waals surface area contributed by atoms with E-state index in [1.165, 1.54) is 12.1 Å². The SMILES string of the molecule is Cc1oc2c(N)cccc2c1C(O)(C(F)(F)F)C(F)(F)F. The van der Waals surface area contributed by atoms with Crippen LogP contribution < -0.4 is 5.73 Å². The van der Waals surface area contributed by atoms with Gasteiger partial charge >= 0.3 is 12.4 Å². The molecule has 2 aromatic rings. The first kappa shape index (κ1) is 15.5. The van der Waals surface area contributed by atoms with Crippen LogP contribution in [0.25, 0.3) is 11.0 Å². The molecule has 21 heavy (non-hydrogen) atoms. The Morgan fingerprint density at radius 1 is 1.05 bits per heavy atom. The lowest BCUT2D eigenvalue weighted by Crippen LogP contribution is -2.54. The molecule has 9 heteroatoms. The number of nitrogens with two attached hydrogens (primary N) is 1. The van der Waals surface area contributed by atoms with E-state index in [0.717, 1.165) is 13.0 Å². The van der Waals surface area contributed by atoms with E-state index in [2.05, 4.69) is 0 Å². The number of rotatable bonds is 1. The van der Waals surface area contributed by atoms with Crippen molar-refractivity contribution in [2.45, 2.75) is 24.9 Å². The molecule has 3 N–H and O–H groups in total. The molecule has 0 saturated heterocycles. The molecule has 1 aromatic carbocycles. The molecular formula is C12H9F6NO2. The maximum atomic E-state index is 12.9. The summed E-state index contributed by atoms with van der Waals surface area (Å²) in [6.45, 7) is 0.900. The van der Waals surface area contributed by atoms with Gasteiger partial charge in [0.1, 0.15) is 5.76 Å². The molecule has 0 aliphatic carbocycles. The second-order valence-electron chi connectivity index (χ2n) is 4.46. The zero-order valence-electron chi connectivity index (χ0n) is 10.4. The van der Waals surface area contributed by atoms with Crippen LogP contribution in [-0.2, 0) is 5.60 Å². The third kappa shape index (κ3) is 2.03. The number of benzene rings is 1. The van der Waals surface area contributed by atoms with E-state index < -0.39 is 34.7 Å². The van der Waals surface area contributed by atoms with Crippen molar-refractivity contribution < 1.29 is 35.9 Å². The van der Waals surface area contributed by atoms with Crippen LogP contribution in [0.15, 0.2) is 22.6 Å². The second kappa shape index (κ2) is 4.30. The summed E-state index contributed by atoms with van der Waals surface area (Å²) in [4.78, 5) is 0. The van der Waals surface area contributed by atoms with Gasteiger partial charge in [-0.05, 0) is 13.0 Å². The van der Waals surface area contributed by atoms with Crippen molar-refractivity contribution in [3.05, 3.63) is 29.5 Å². The Bertz CT molecular complexity index is 671. The largest absolute Gasteiger partial charge is 0.459 e. The molecule has 0 spiro atoms. The number of hydrogen-bond donors (Lipinski definition) is 2. The zero-order valence-corrected chi connectivity index (χ0v) is 10.4. The number of alkyl halides is 6. The van der Waals surface area contributed by atoms with Gasteiger partial charge in [-0.1, -0.05) is 12.1 Å². The van der Waals surface area contributed by atoms with E-state index in [1.54, 1.807) is 0 Å². The third-order valence-corrected chi connectivity index (χ3v) is 3.10. The number of para-hydroxylation sites is 1. The van der Waals surface area contributed by atoms with E-state index in [1.807, 2.05) is 0 Å². The van der Waals surface area contributed by atoms with Crippen molar-refractivity contribution in [1.82, 2.24) is 0 Å². The Labute approximate surface area is 113 Å². The van der Waals surface area contributed by atoms with E-state index >= 15 is 0 Å². The Morgan fingerprint density at radius 2 is 1.57 bits per heavy atom. The number of aliphatic hydroxyl groups is 1. The summed E-state index contributed by atoms with van der Waals surface area (Å²) in [5, 5.41) is 8.93. The fourth-order valence-corrected chi connectivity index (χ4v) is 2.15. The van der Waals surface area contributed by atoms with Gasteiger partial charge in [-0.25, -0.2) is 0 Å². The van der Waals surface area contributed by atoms with E-state index in [9.17, 15) is 31.4 Å². The Balaban J connectivity index is 2.92. The minimum atomic E-state index is -5.97. The summed E-state index contributed by atoms with van der Waals surface area (Å²) < 4.78 is 82.5. The molecule has 1 heterocycles. The van der Waals surface area contributed by atoms with Crippen LogP contribution in [0.2, 0.25) is 0 Å². The van der Waals surface area contributed by atoms with Crippen LogP contribution in [0.1, 0.15) is 11.3 Å². The monoisotopic (exact) mass is 313 g/mol. The van der Waals surface area contributed by atoms with Gasteiger partial charge in [-0.15, -0.1) is 0 Å². The topological polar surface area (TPSA) is 59.4 Å². The minimum Gasteiger partial charge on any atom is -0.459 e. The van der Waals surface area contributed by atoms with Gasteiger partial charge in [0.2, 0.25) is 0 Å². The Morgan fingerprint density at radius 3 is 2.05 bits per heavy atom. The fraction of sp³-hybridized carbons (Fsp3) is 0.333. The quantitative estimate of drug-likeness (QED) is 0.624. The first-order valence-electron chi connectivity index (χ1n) is 5.55. The van der Waals surface area contributed by atoms with Crippen LogP contribution in [0.3, 0.4) is 0 Å². The third-order valence-electron chi connectivity index (χ3n) is 3.10. The molecule has 3 nitrogen and oxygen atoms in total. The van der Waals surface area contributed by atoms with Gasteiger partial charge in [-0.2, -0.15) is 26.3 Å². The number of furan rings is 1. The van der Waals surface area contributed by atoms with Gasteiger partial charge in [0.15, 0.2) is 5.58 Å². The standard InChI is InChI=1S/C12H9F6NO2/c1-5-8(6-3-2-4-7(19)9(6)21-5)10(20,11(13,14)15)12(16,17)18/h2-4,20H,19H2,1H3. The van der Waals surface area contributed by atoms with Gasteiger partial charge in [0.25, 0.3) is 5.60 Å². The minimum absolute atomic E-state index is 0.131. The summed E-state index contributed by atoms with van der Waals surface area (Å²) in [6.07, 6.45) is -11.9. The predicted molar refractivity (Wildman–Crippen MR) is 61.4 cm³/mol. The highest BCUT2D eigenvalue weighted by molar-refractivity contribution is 5.92. The fourth-order valence-electron chi connectivity index (χ4n) is 2.15. The van der Waals surface area contributed by atoms with Crippen molar-refractivity contribution in [1.29, 1.82) is 0 Å². The predicted octanol–water partition coefficient (Wildman–Crippen LogP) is 3.64. The van der Waals surface area contributed by atoms with Crippen LogP contribution >= 0.6 is 0 Å². The Kier molecular flexibility index (Phi) is 3.17. The lowest BCUT2D eigenvalue weighted by Gasteiger charge is -2.32. The normalized spacial score (nSPS) is 13.9. The molecule has 0 amide bonds. The number of aryl methyl sites for hydroxylation is 1. The summed E-state index contributed by atoms with van der Waals surface area (Å²) >= 11 is 0. The van der Waals surface area contributed by atoms with Crippen molar-refractivity contribution >= 4 is 16.7 Å². The molecule has 0 radical (unpaired) electrons. The number of hydrogen-bond acceptors (Lipinski definition) is 3. The number of fused-ring (bicyclic) bond motifs is 1. The van der Waals surface area contributed by atoms with Gasteiger partial charge in [0.05, 0.1) is 11.3 Å². The van der Waals surface area contributed by atoms with Crippen molar-refractivity contribution in [3.8, 4) is 0 Å². The lowest BCUT2D eigenvalue weighted by molar-refractivity contribution is -0.376. The van der Waals surface area contributed by atoms with E-state index in [0.29, 0.717) is 0 Å². The first-order chi connectivity index (χ1) is 9.41. The zero-order chi connectivity index (χ0) is 16.2. The molecule has 0 unspecified atom stereocenters. The second-order valence-corrected chi connectivity index (χ2v) is 4.46. The average Bonchev–Trinajstić information content (AvgIpc) is 2.63. The molecule has 1 aromatic heterocycles. The maximum Gasteiger partial charge on any atom is 0.430 e. The highest BCUT2D eigenvalue weighted by atomic mass is 19.4. The lowest BCUT2D eigenvalue weighted by atomic mass is 9.89.